The van der Waals surface area contributed by atoms with E-state index in [1.54, 1.807) is 47.1 Å². The molecule has 132 heavy (non-hydrogen) atoms. The van der Waals surface area contributed by atoms with Crippen LogP contribution in [0.15, 0.2) is 94.7 Å². The minimum Gasteiger partial charge on any atom is -0.460 e. The summed E-state index contributed by atoms with van der Waals surface area (Å²) in [4.78, 5) is 112. The first kappa shape index (κ1) is 105. The predicted octanol–water partition coefficient (Wildman–Crippen LogP) is 8.48. The van der Waals surface area contributed by atoms with Crippen molar-refractivity contribution in [3.05, 3.63) is 107 Å². The maximum Gasteiger partial charge on any atom is 0.407 e. The average molecular weight is 1850 g/mol. The van der Waals surface area contributed by atoms with Crippen LogP contribution in [0.3, 0.4) is 0 Å². The predicted molar refractivity (Wildman–Crippen MR) is 489 cm³/mol. The normalized spacial score (nSPS) is 26.9. The SMILES string of the molecule is CO[C@H]1C[C@@H]2CC[C@@H](C)[C@@](O)(O2)C(=O)C(=O)N2CCCC[C@H]2C(=O)O[C@H]([C@H](C)C[C@@H]2CC[C@@H](OC(=O)NCCOCCOCCOCCOCCC(=O)NCCOCCOCCOCCOCCC(=O)N3CCc4cc(Cn5nc(-c6ccc7oc(N)nc7c6)c6c(N)ncnc65)ccc4C3)[C@H](OC)C2)C[C@@H](O)C(C)/C=C(\C)[C@@H](O)[C@@H](OC)C(=O)[C@H](C)C[C@H](C)/C=C/C=C/C=C/1C. The third-order valence-corrected chi connectivity index (χ3v) is 25.3. The van der Waals surface area contributed by atoms with Gasteiger partial charge in [-0.3, -0.25) is 24.0 Å². The highest BCUT2D eigenvalue weighted by Crippen LogP contribution is 2.40. The Hall–Kier alpha value is -9.09. The number of alkyl carbamates (subject to hydrolysis) is 1. The van der Waals surface area contributed by atoms with Crippen LogP contribution in [0.1, 0.15) is 155 Å². The fraction of sp³-hybridized carbons (Fsp3) is 0.656. The number of anilines is 2. The summed E-state index contributed by atoms with van der Waals surface area (Å²) in [5, 5.41) is 47.0. The zero-order chi connectivity index (χ0) is 94.6. The number of amides is 4. The standard InChI is InChI=1S/C96H141N11O25/c1-61-16-12-11-13-17-62(2)79(118-8)56-73-24-19-67(7)96(117,132-73)89(113)92(114)106-32-15-14-18-75(106)93(115)129-80(57-76(108)63(3)51-66(6)87(112)88(120-10)86(111)65(5)50-61)64(4)52-68-21-25-78(81(54-68)119-9)131-95(116)100-31-37-124-41-45-128-48-46-125-42-38-121-34-28-82(109)99-30-36-123-40-44-127-49-47-126-43-39-122-35-29-83(110)105-33-27-70-53-69(20-22-72(70)59-105)58-107-91-84(90(97)101-60-102-91)85(104-107)71-23-26-77-74(55-71)103-94(98)130-77/h11-13,16-17,20,22-23,26,51,53,55,60-61,63-65,67-68,73,75-76,78-81,87-88,108,112,117H,14-15,18-19,21,24-25,27-50,52,54,56-59H2,1-10H3,(H2,98,103)(H,99,109)(H,100,116)(H2,97,101,102)/b13-11+,16-12+,62-17+,66-51+/t61-,63?,64-,65-,67-,68+,73+,75+,76-,78-,79+,80+,81-,87-,88+,96-/m1/s1. The van der Waals surface area contributed by atoms with E-state index in [9.17, 15) is 48.9 Å². The molecule has 10 rings (SSSR count). The Morgan fingerprint density at radius 3 is 2.04 bits per heavy atom. The van der Waals surface area contributed by atoms with Crippen molar-refractivity contribution in [2.45, 2.75) is 219 Å². The van der Waals surface area contributed by atoms with Crippen LogP contribution in [-0.4, -0.2) is 305 Å². The number of esters is 1. The number of aliphatic hydroxyl groups excluding tert-OH is 2. The molecule has 1 unspecified atom stereocenters. The minimum atomic E-state index is -2.48. The molecule has 1 saturated carbocycles. The monoisotopic (exact) mass is 1850 g/mol. The molecular formula is C96H141N11O25. The molecule has 730 valence electrons. The third kappa shape index (κ3) is 31.2. The number of nitrogens with zero attached hydrogens (tertiary/aromatic N) is 7. The molecule has 4 amide bonds. The van der Waals surface area contributed by atoms with Crippen LogP contribution in [0.4, 0.5) is 16.6 Å². The lowest BCUT2D eigenvalue weighted by Crippen LogP contribution is -2.61. The number of nitrogens with one attached hydrogen (secondary N) is 2. The summed E-state index contributed by atoms with van der Waals surface area (Å²) in [5.74, 6) is -7.78. The number of nitrogens with two attached hydrogens (primary N) is 2. The summed E-state index contributed by atoms with van der Waals surface area (Å²) >= 11 is 0. The summed E-state index contributed by atoms with van der Waals surface area (Å²) in [6.45, 7) is 20.0. The van der Waals surface area contributed by atoms with Crippen molar-refractivity contribution >= 4 is 75.3 Å². The van der Waals surface area contributed by atoms with Crippen LogP contribution < -0.4 is 22.1 Å². The molecule has 7 heterocycles. The Morgan fingerprint density at radius 2 is 1.36 bits per heavy atom. The van der Waals surface area contributed by atoms with Crippen molar-refractivity contribution in [3.63, 3.8) is 0 Å². The number of hydrogen-bond acceptors (Lipinski definition) is 31. The number of carbonyl (C=O) groups excluding carboxylic acids is 7. The van der Waals surface area contributed by atoms with Crippen LogP contribution in [0.25, 0.3) is 33.4 Å². The van der Waals surface area contributed by atoms with Crippen molar-refractivity contribution in [2.24, 2.45) is 35.5 Å². The number of piperidine rings is 1. The molecule has 4 aliphatic heterocycles. The molecule has 0 spiro atoms. The van der Waals surface area contributed by atoms with E-state index in [2.05, 4.69) is 43.8 Å². The van der Waals surface area contributed by atoms with Gasteiger partial charge in [-0.25, -0.2) is 24.2 Å². The number of fused-ring (bicyclic) bond motifs is 6. The second-order valence-corrected chi connectivity index (χ2v) is 35.2. The number of ether oxygens (including phenoxy) is 14. The highest BCUT2D eigenvalue weighted by atomic mass is 16.6. The van der Waals surface area contributed by atoms with Gasteiger partial charge in [-0.05, 0) is 148 Å². The number of Topliss-reactive ketones (excluding diaryl/α,β-unsaturated/α-hetero) is 2. The molecular weight excluding hydrogens is 1710 g/mol. The van der Waals surface area contributed by atoms with Crippen LogP contribution in [-0.2, 0) is 115 Å². The molecule has 16 atom stereocenters. The van der Waals surface area contributed by atoms with Crippen LogP contribution in [0, 0.1) is 35.5 Å². The van der Waals surface area contributed by atoms with Crippen LogP contribution in [0.5, 0.6) is 0 Å². The Kier molecular flexibility index (Phi) is 42.8. The van der Waals surface area contributed by atoms with E-state index in [4.69, 9.17) is 87.3 Å². The number of allylic oxidation sites excluding steroid dienone is 5. The number of nitrogen functional groups attached to an aromatic ring is 2. The molecule has 2 aromatic carbocycles. The molecule has 5 aliphatic rings. The highest BCUT2D eigenvalue weighted by molar-refractivity contribution is 6.39. The highest BCUT2D eigenvalue weighted by Gasteiger charge is 2.53. The van der Waals surface area contributed by atoms with Crippen LogP contribution in [0.2, 0.25) is 0 Å². The third-order valence-electron chi connectivity index (χ3n) is 25.3. The number of cyclic esters (lactones) is 1. The average Bonchev–Trinajstić information content (AvgIpc) is 1.19. The first-order valence-corrected chi connectivity index (χ1v) is 46.7. The van der Waals surface area contributed by atoms with Crippen molar-refractivity contribution in [1.82, 2.24) is 45.2 Å². The maximum absolute atomic E-state index is 14.8. The summed E-state index contributed by atoms with van der Waals surface area (Å²) < 4.78 is 88.3. The summed E-state index contributed by atoms with van der Waals surface area (Å²) in [6.07, 6.45) is 11.4. The van der Waals surface area contributed by atoms with E-state index in [0.29, 0.717) is 202 Å². The van der Waals surface area contributed by atoms with Gasteiger partial charge in [-0.2, -0.15) is 10.1 Å². The summed E-state index contributed by atoms with van der Waals surface area (Å²) in [5.41, 5.74) is 19.9. The number of benzene rings is 2. The van der Waals surface area contributed by atoms with Crippen molar-refractivity contribution < 1.29 is 120 Å². The van der Waals surface area contributed by atoms with Gasteiger partial charge in [-0.1, -0.05) is 89.3 Å². The quantitative estimate of drug-likeness (QED) is 0.00836. The molecule has 3 aromatic heterocycles. The van der Waals surface area contributed by atoms with Crippen molar-refractivity contribution in [3.8, 4) is 11.3 Å². The first-order chi connectivity index (χ1) is 63.7. The summed E-state index contributed by atoms with van der Waals surface area (Å²) in [7, 11) is 4.51. The van der Waals surface area contributed by atoms with Gasteiger partial charge in [0, 0.05) is 96.6 Å². The molecule has 2 bridgehead atoms. The van der Waals surface area contributed by atoms with Gasteiger partial charge in [0.1, 0.15) is 53.8 Å². The zero-order valence-corrected chi connectivity index (χ0v) is 78.4. The number of aromatic nitrogens is 5. The molecule has 5 aromatic rings. The number of hydrogen-bond donors (Lipinski definition) is 7. The van der Waals surface area contributed by atoms with Gasteiger partial charge in [0.05, 0.1) is 148 Å². The fourth-order valence-corrected chi connectivity index (χ4v) is 17.7. The lowest BCUT2D eigenvalue weighted by Gasteiger charge is -2.43. The van der Waals surface area contributed by atoms with Crippen molar-refractivity contribution in [1.29, 1.82) is 0 Å². The number of methoxy groups -OCH3 is 3. The van der Waals surface area contributed by atoms with Crippen molar-refractivity contribution in [2.75, 3.05) is 165 Å². The Bertz CT molecular complexity index is 4640. The lowest BCUT2D eigenvalue weighted by molar-refractivity contribution is -0.265. The fourth-order valence-electron chi connectivity index (χ4n) is 17.7. The molecule has 36 nitrogen and oxygen atoms in total. The lowest BCUT2D eigenvalue weighted by atomic mass is 9.78. The summed E-state index contributed by atoms with van der Waals surface area (Å²) in [6, 6.07) is 10.7. The number of aliphatic hydroxyl groups is 3. The number of rotatable bonds is 40. The maximum atomic E-state index is 14.8. The van der Waals surface area contributed by atoms with E-state index in [1.807, 2.05) is 79.8 Å². The molecule has 2 saturated heterocycles. The van der Waals surface area contributed by atoms with E-state index < -0.39 is 108 Å². The molecule has 9 N–H and O–H groups in total. The van der Waals surface area contributed by atoms with Gasteiger partial charge in [0.15, 0.2) is 17.0 Å². The van der Waals surface area contributed by atoms with Gasteiger partial charge < -0.3 is 118 Å². The van der Waals surface area contributed by atoms with E-state index in [0.717, 1.165) is 28.7 Å². The Labute approximate surface area is 773 Å². The van der Waals surface area contributed by atoms with E-state index >= 15 is 0 Å². The van der Waals surface area contributed by atoms with E-state index in [-0.39, 0.29) is 107 Å². The topological polar surface area (TPSA) is 462 Å². The second-order valence-electron chi connectivity index (χ2n) is 35.2. The van der Waals surface area contributed by atoms with Crippen LogP contribution >= 0.6 is 0 Å². The number of ketones is 2. The largest absolute Gasteiger partial charge is 0.460 e. The van der Waals surface area contributed by atoms with Gasteiger partial charge in [-0.15, -0.1) is 0 Å². The first-order valence-electron chi connectivity index (χ1n) is 46.7. The van der Waals surface area contributed by atoms with Gasteiger partial charge in [0.25, 0.3) is 17.7 Å². The number of oxazole rings is 1. The van der Waals surface area contributed by atoms with Gasteiger partial charge in [0.2, 0.25) is 17.6 Å². The van der Waals surface area contributed by atoms with Gasteiger partial charge >= 0.3 is 12.1 Å². The minimum absolute atomic E-state index is 0.00276. The second kappa shape index (κ2) is 53.9. The molecule has 0 radical (unpaired) electrons. The Balaban J connectivity index is 0.536. The molecule has 3 fully saturated rings. The smallest absolute Gasteiger partial charge is 0.407 e. The Morgan fingerprint density at radius 1 is 0.682 bits per heavy atom. The molecule has 36 heteroatoms. The van der Waals surface area contributed by atoms with E-state index in [1.165, 1.54) is 23.9 Å². The number of carbonyl (C=O) groups is 7. The zero-order valence-electron chi connectivity index (χ0n) is 78.4. The molecule has 1 aliphatic carbocycles.